The molecule has 3 aromatic rings. The number of benzene rings is 2. The van der Waals surface area contributed by atoms with E-state index in [1.54, 1.807) is 12.1 Å². The number of nitrogens with one attached hydrogen (secondary N) is 1. The third-order valence-corrected chi connectivity index (χ3v) is 6.14. The minimum absolute atomic E-state index is 0.0586. The molecular formula is C23H24N6O4. The number of amides is 1. The molecule has 10 heteroatoms. The molecule has 0 saturated carbocycles. The van der Waals surface area contributed by atoms with Gasteiger partial charge in [-0.3, -0.25) is 19.8 Å². The molecule has 0 spiro atoms. The van der Waals surface area contributed by atoms with E-state index >= 15 is 0 Å². The highest BCUT2D eigenvalue weighted by atomic mass is 16.6. The molecule has 1 amide bonds. The molecule has 0 aliphatic carbocycles. The first kappa shape index (κ1) is 21.1. The minimum Gasteiger partial charge on any atom is -0.363 e. The van der Waals surface area contributed by atoms with Gasteiger partial charge in [0.15, 0.2) is 0 Å². The summed E-state index contributed by atoms with van der Waals surface area (Å²) in [6, 6.07) is 11.3. The number of hydrogen-bond acceptors (Lipinski definition) is 8. The Bertz CT molecular complexity index is 1200. The van der Waals surface area contributed by atoms with Crippen molar-refractivity contribution in [1.29, 1.82) is 0 Å². The van der Waals surface area contributed by atoms with E-state index in [4.69, 9.17) is 4.52 Å². The molecule has 0 unspecified atom stereocenters. The molecule has 5 rings (SSSR count). The number of aromatic nitrogens is 2. The molecule has 170 valence electrons. The van der Waals surface area contributed by atoms with Crippen LogP contribution in [0.5, 0.6) is 0 Å². The van der Waals surface area contributed by atoms with Crippen molar-refractivity contribution in [2.75, 3.05) is 36.4 Å². The Balaban J connectivity index is 1.26. The first-order valence-corrected chi connectivity index (χ1v) is 10.9. The monoisotopic (exact) mass is 448 g/mol. The molecule has 10 nitrogen and oxygen atoms in total. The number of rotatable bonds is 5. The predicted molar refractivity (Wildman–Crippen MR) is 122 cm³/mol. The maximum Gasteiger partial charge on any atom is 0.292 e. The van der Waals surface area contributed by atoms with E-state index in [1.165, 1.54) is 5.56 Å². The molecule has 1 aromatic heterocycles. The van der Waals surface area contributed by atoms with Crippen molar-refractivity contribution in [3.05, 3.63) is 63.5 Å². The molecule has 1 N–H and O–H groups in total. The summed E-state index contributed by atoms with van der Waals surface area (Å²) in [4.78, 5) is 31.8. The molecule has 1 saturated heterocycles. The molecule has 0 bridgehead atoms. The summed E-state index contributed by atoms with van der Waals surface area (Å²) in [6.45, 7) is 5.18. The topological polar surface area (TPSA) is 118 Å². The van der Waals surface area contributed by atoms with Crippen LogP contribution in [0.4, 0.5) is 17.1 Å². The summed E-state index contributed by atoms with van der Waals surface area (Å²) in [7, 11) is 0. The summed E-state index contributed by atoms with van der Waals surface area (Å²) in [5.74, 6) is 1.05. The van der Waals surface area contributed by atoms with Crippen molar-refractivity contribution >= 4 is 23.0 Å². The number of hydrogen-bond donors (Lipinski definition) is 1. The highest BCUT2D eigenvalue weighted by Crippen LogP contribution is 2.36. The Kier molecular flexibility index (Phi) is 5.51. The molecule has 2 aliphatic heterocycles. The summed E-state index contributed by atoms with van der Waals surface area (Å²) >= 11 is 0. The zero-order valence-corrected chi connectivity index (χ0v) is 18.3. The van der Waals surface area contributed by atoms with Gasteiger partial charge in [-0.25, -0.2) is 0 Å². The van der Waals surface area contributed by atoms with Gasteiger partial charge in [-0.05, 0) is 25.0 Å². The third kappa shape index (κ3) is 4.42. The third-order valence-electron chi connectivity index (χ3n) is 6.14. The van der Waals surface area contributed by atoms with Crippen LogP contribution in [0.3, 0.4) is 0 Å². The number of nitrogens with zero attached hydrogens (tertiary/aromatic N) is 5. The Morgan fingerprint density at radius 1 is 1.12 bits per heavy atom. The van der Waals surface area contributed by atoms with Crippen LogP contribution in [-0.2, 0) is 17.8 Å². The molecule has 2 aromatic carbocycles. The zero-order chi connectivity index (χ0) is 22.9. The molecular weight excluding hydrogens is 424 g/mol. The van der Waals surface area contributed by atoms with Crippen molar-refractivity contribution in [2.24, 2.45) is 0 Å². The van der Waals surface area contributed by atoms with Gasteiger partial charge in [0, 0.05) is 49.9 Å². The molecule has 33 heavy (non-hydrogen) atoms. The number of carbonyl (C=O) groups is 1. The average Bonchev–Trinajstić information content (AvgIpc) is 3.27. The van der Waals surface area contributed by atoms with E-state index in [1.807, 2.05) is 36.1 Å². The van der Waals surface area contributed by atoms with Crippen LogP contribution >= 0.6 is 0 Å². The van der Waals surface area contributed by atoms with Crippen molar-refractivity contribution < 1.29 is 14.2 Å². The summed E-state index contributed by atoms with van der Waals surface area (Å²) < 4.78 is 5.44. The van der Waals surface area contributed by atoms with Crippen LogP contribution in [0.15, 0.2) is 40.9 Å². The number of nitro groups is 1. The largest absolute Gasteiger partial charge is 0.363 e. The van der Waals surface area contributed by atoms with Gasteiger partial charge < -0.3 is 14.7 Å². The number of carbonyl (C=O) groups excluding carboxylic acids is 1. The minimum atomic E-state index is -0.344. The second-order valence-corrected chi connectivity index (χ2v) is 8.44. The Morgan fingerprint density at radius 2 is 1.88 bits per heavy atom. The van der Waals surface area contributed by atoms with Gasteiger partial charge in [-0.2, -0.15) is 4.98 Å². The highest BCUT2D eigenvalue weighted by Gasteiger charge is 2.28. The lowest BCUT2D eigenvalue weighted by Crippen LogP contribution is -2.46. The smallest absolute Gasteiger partial charge is 0.292 e. The fraction of sp³-hybridized carbons (Fsp3) is 0.348. The van der Waals surface area contributed by atoms with Crippen molar-refractivity contribution in [3.8, 4) is 11.4 Å². The van der Waals surface area contributed by atoms with Crippen LogP contribution in [-0.4, -0.2) is 52.1 Å². The quantitative estimate of drug-likeness (QED) is 0.467. The molecule has 3 heterocycles. The maximum atomic E-state index is 11.8. The lowest BCUT2D eigenvalue weighted by molar-refractivity contribution is -0.384. The van der Waals surface area contributed by atoms with E-state index < -0.39 is 0 Å². The van der Waals surface area contributed by atoms with E-state index in [2.05, 4.69) is 20.4 Å². The number of anilines is 2. The van der Waals surface area contributed by atoms with Gasteiger partial charge in [-0.15, -0.1) is 0 Å². The fourth-order valence-corrected chi connectivity index (χ4v) is 4.28. The lowest BCUT2D eigenvalue weighted by Gasteiger charge is -2.35. The van der Waals surface area contributed by atoms with E-state index in [-0.39, 0.29) is 16.5 Å². The summed E-state index contributed by atoms with van der Waals surface area (Å²) in [5, 5.41) is 18.6. The zero-order valence-electron chi connectivity index (χ0n) is 18.3. The Labute approximate surface area is 190 Å². The number of aryl methyl sites for hydroxylation is 2. The summed E-state index contributed by atoms with van der Waals surface area (Å²) in [5.41, 5.74) is 4.18. The van der Waals surface area contributed by atoms with E-state index in [0.29, 0.717) is 68.7 Å². The van der Waals surface area contributed by atoms with E-state index in [0.717, 1.165) is 11.1 Å². The number of nitro benzene ring substituents is 1. The molecule has 1 fully saturated rings. The molecule has 0 atom stereocenters. The standard InChI is InChI=1S/C23H24N6O4/c1-15-2-4-16(5-3-15)23-25-22(33-26-23)14-27-8-10-28(11-9-27)19-13-18-17(6-7-21(30)24-18)12-20(19)29(31)32/h2-5,12-13H,6-11,14H2,1H3,(H,24,30). The maximum absolute atomic E-state index is 11.8. The number of piperazine rings is 1. The van der Waals surface area contributed by atoms with Crippen LogP contribution in [0.1, 0.15) is 23.4 Å². The van der Waals surface area contributed by atoms with Crippen LogP contribution in [0, 0.1) is 17.0 Å². The lowest BCUT2D eigenvalue weighted by atomic mass is 10.0. The average molecular weight is 448 g/mol. The fourth-order valence-electron chi connectivity index (χ4n) is 4.28. The van der Waals surface area contributed by atoms with Crippen molar-refractivity contribution in [2.45, 2.75) is 26.3 Å². The van der Waals surface area contributed by atoms with Gasteiger partial charge in [0.05, 0.1) is 11.5 Å². The predicted octanol–water partition coefficient (Wildman–Crippen LogP) is 3.16. The molecule has 2 aliphatic rings. The normalized spacial score (nSPS) is 16.4. The Hall–Kier alpha value is -3.79. The van der Waals surface area contributed by atoms with Gasteiger partial charge in [-0.1, -0.05) is 35.0 Å². The highest BCUT2D eigenvalue weighted by molar-refractivity contribution is 5.95. The second kappa shape index (κ2) is 8.62. The van der Waals surface area contributed by atoms with Gasteiger partial charge in [0.2, 0.25) is 17.6 Å². The SMILES string of the molecule is Cc1ccc(-c2noc(CN3CCN(c4cc5c(cc4[N+](=O)[O-])CCC(=O)N5)CC3)n2)cc1. The first-order valence-electron chi connectivity index (χ1n) is 10.9. The van der Waals surface area contributed by atoms with Crippen LogP contribution in [0.2, 0.25) is 0 Å². The van der Waals surface area contributed by atoms with E-state index in [9.17, 15) is 14.9 Å². The van der Waals surface area contributed by atoms with Crippen LogP contribution in [0.25, 0.3) is 11.4 Å². The van der Waals surface area contributed by atoms with Gasteiger partial charge in [0.1, 0.15) is 5.69 Å². The van der Waals surface area contributed by atoms with Crippen molar-refractivity contribution in [3.63, 3.8) is 0 Å². The van der Waals surface area contributed by atoms with Gasteiger partial charge in [0.25, 0.3) is 5.69 Å². The molecule has 0 radical (unpaired) electrons. The number of fused-ring (bicyclic) bond motifs is 1. The van der Waals surface area contributed by atoms with Gasteiger partial charge >= 0.3 is 0 Å². The Morgan fingerprint density at radius 3 is 2.61 bits per heavy atom. The van der Waals surface area contributed by atoms with Crippen LogP contribution < -0.4 is 10.2 Å². The van der Waals surface area contributed by atoms with Crippen molar-refractivity contribution in [1.82, 2.24) is 15.0 Å². The second-order valence-electron chi connectivity index (χ2n) is 8.44. The summed E-state index contributed by atoms with van der Waals surface area (Å²) in [6.07, 6.45) is 0.869. The first-order chi connectivity index (χ1) is 16.0.